The van der Waals surface area contributed by atoms with Crippen LogP contribution in [0.4, 0.5) is 4.79 Å². The number of hydrogen-bond acceptors (Lipinski definition) is 3. The van der Waals surface area contributed by atoms with Crippen LogP contribution in [0.2, 0.25) is 0 Å². The van der Waals surface area contributed by atoms with E-state index < -0.39 is 10.0 Å². The van der Waals surface area contributed by atoms with Crippen LogP contribution in [0.1, 0.15) is 36.5 Å². The van der Waals surface area contributed by atoms with Gasteiger partial charge in [0.05, 0.1) is 4.90 Å². The summed E-state index contributed by atoms with van der Waals surface area (Å²) in [4.78, 5) is 14.2. The molecule has 6 nitrogen and oxygen atoms in total. The summed E-state index contributed by atoms with van der Waals surface area (Å²) in [7, 11) is -3.55. The molecule has 1 aliphatic rings. The first-order valence-corrected chi connectivity index (χ1v) is 10.3. The van der Waals surface area contributed by atoms with Gasteiger partial charge in [0.1, 0.15) is 0 Å². The van der Waals surface area contributed by atoms with Crippen molar-refractivity contribution in [3.05, 3.63) is 28.8 Å². The largest absolute Gasteiger partial charge is 0.338 e. The van der Waals surface area contributed by atoms with E-state index in [0.717, 1.165) is 23.1 Å². The second-order valence-corrected chi connectivity index (χ2v) is 8.58. The first-order chi connectivity index (χ1) is 11.8. The molecule has 0 spiro atoms. The van der Waals surface area contributed by atoms with Gasteiger partial charge >= 0.3 is 6.03 Å². The molecule has 1 N–H and O–H groups in total. The van der Waals surface area contributed by atoms with Crippen molar-refractivity contribution in [3.8, 4) is 0 Å². The Hall–Kier alpha value is -1.60. The maximum atomic E-state index is 13.1. The maximum absolute atomic E-state index is 13.1. The minimum atomic E-state index is -3.55. The molecule has 0 aromatic heterocycles. The summed E-state index contributed by atoms with van der Waals surface area (Å²) in [5, 5.41) is 2.86. The van der Waals surface area contributed by atoms with E-state index in [-0.39, 0.29) is 6.03 Å². The van der Waals surface area contributed by atoms with Gasteiger partial charge in [-0.05, 0) is 44.7 Å². The van der Waals surface area contributed by atoms with Crippen molar-refractivity contribution < 1.29 is 13.2 Å². The third kappa shape index (κ3) is 4.52. The van der Waals surface area contributed by atoms with Crippen LogP contribution in [0.25, 0.3) is 0 Å². The van der Waals surface area contributed by atoms with Gasteiger partial charge in [-0.1, -0.05) is 24.6 Å². The molecule has 1 aliphatic heterocycles. The van der Waals surface area contributed by atoms with E-state index in [1.807, 2.05) is 39.8 Å². The number of rotatable bonds is 4. The molecular formula is C18H29N3O3S. The highest BCUT2D eigenvalue weighted by molar-refractivity contribution is 7.89. The molecule has 0 atom stereocenters. The minimum Gasteiger partial charge on any atom is -0.338 e. The number of nitrogens with zero attached hydrogens (tertiary/aromatic N) is 2. The van der Waals surface area contributed by atoms with Gasteiger partial charge in [0, 0.05) is 32.7 Å². The second kappa shape index (κ2) is 8.19. The number of urea groups is 1. The normalized spacial score (nSPS) is 16.6. The first-order valence-electron chi connectivity index (χ1n) is 8.88. The van der Waals surface area contributed by atoms with Gasteiger partial charge in [-0.3, -0.25) is 0 Å². The monoisotopic (exact) mass is 367 g/mol. The molecule has 140 valence electrons. The van der Waals surface area contributed by atoms with Gasteiger partial charge in [-0.25, -0.2) is 13.2 Å². The van der Waals surface area contributed by atoms with Crippen molar-refractivity contribution >= 4 is 16.1 Å². The third-order valence-electron chi connectivity index (χ3n) is 4.47. The fourth-order valence-electron chi connectivity index (χ4n) is 3.38. The van der Waals surface area contributed by atoms with Crippen molar-refractivity contribution in [2.45, 2.75) is 45.4 Å². The van der Waals surface area contributed by atoms with E-state index >= 15 is 0 Å². The molecule has 0 unspecified atom stereocenters. The highest BCUT2D eigenvalue weighted by Crippen LogP contribution is 2.26. The Morgan fingerprint density at radius 3 is 2.32 bits per heavy atom. The summed E-state index contributed by atoms with van der Waals surface area (Å²) >= 11 is 0. The zero-order chi connectivity index (χ0) is 18.6. The standard InChI is InChI=1S/C18H29N3O3S/c1-5-7-19-18(22)20-8-6-9-21(11-10-20)25(23,24)17-15(3)12-14(2)13-16(17)4/h12-13H,5-11H2,1-4H3,(H,19,22). The number of carbonyl (C=O) groups is 1. The smallest absolute Gasteiger partial charge is 0.317 e. The number of amides is 2. The highest BCUT2D eigenvalue weighted by Gasteiger charge is 2.30. The lowest BCUT2D eigenvalue weighted by atomic mass is 10.1. The molecule has 0 bridgehead atoms. The van der Waals surface area contributed by atoms with Crippen LogP contribution in [-0.4, -0.2) is 56.4 Å². The Bertz CT molecular complexity index is 708. The summed E-state index contributed by atoms with van der Waals surface area (Å²) in [5.74, 6) is 0. The zero-order valence-electron chi connectivity index (χ0n) is 15.6. The molecule has 0 radical (unpaired) electrons. The van der Waals surface area contributed by atoms with Gasteiger partial charge < -0.3 is 10.2 Å². The van der Waals surface area contributed by atoms with Gasteiger partial charge in [0.2, 0.25) is 10.0 Å². The molecular weight excluding hydrogens is 338 g/mol. The molecule has 2 rings (SSSR count). The average Bonchev–Trinajstić information content (AvgIpc) is 2.77. The van der Waals surface area contributed by atoms with E-state index in [4.69, 9.17) is 0 Å². The van der Waals surface area contributed by atoms with Crippen LogP contribution < -0.4 is 5.32 Å². The summed E-state index contributed by atoms with van der Waals surface area (Å²) in [6, 6.07) is 3.70. The number of benzene rings is 1. The van der Waals surface area contributed by atoms with Crippen molar-refractivity contribution in [3.63, 3.8) is 0 Å². The van der Waals surface area contributed by atoms with Gasteiger partial charge in [0.15, 0.2) is 0 Å². The van der Waals surface area contributed by atoms with Crippen LogP contribution in [0, 0.1) is 20.8 Å². The molecule has 1 saturated heterocycles. The lowest BCUT2D eigenvalue weighted by Gasteiger charge is -2.23. The van der Waals surface area contributed by atoms with Crippen LogP contribution in [0.5, 0.6) is 0 Å². The van der Waals surface area contributed by atoms with E-state index in [0.29, 0.717) is 44.0 Å². The van der Waals surface area contributed by atoms with E-state index in [1.54, 1.807) is 4.90 Å². The quantitative estimate of drug-likeness (QED) is 0.888. The number of hydrogen-bond donors (Lipinski definition) is 1. The predicted molar refractivity (Wildman–Crippen MR) is 99.3 cm³/mol. The van der Waals surface area contributed by atoms with E-state index in [9.17, 15) is 13.2 Å². The van der Waals surface area contributed by atoms with Crippen molar-refractivity contribution in [1.82, 2.24) is 14.5 Å². The number of carbonyl (C=O) groups excluding carboxylic acids is 1. The molecule has 7 heteroatoms. The van der Waals surface area contributed by atoms with Gasteiger partial charge in [-0.2, -0.15) is 4.31 Å². The third-order valence-corrected chi connectivity index (χ3v) is 6.68. The van der Waals surface area contributed by atoms with Crippen molar-refractivity contribution in [2.24, 2.45) is 0 Å². The van der Waals surface area contributed by atoms with Gasteiger partial charge in [0.25, 0.3) is 0 Å². The topological polar surface area (TPSA) is 69.7 Å². The Morgan fingerprint density at radius 1 is 1.08 bits per heavy atom. The van der Waals surface area contributed by atoms with Crippen LogP contribution in [-0.2, 0) is 10.0 Å². The number of sulfonamides is 1. The Kier molecular flexibility index (Phi) is 6.46. The molecule has 1 aromatic rings. The van der Waals surface area contributed by atoms with Gasteiger partial charge in [-0.15, -0.1) is 0 Å². The minimum absolute atomic E-state index is 0.108. The van der Waals surface area contributed by atoms with Crippen molar-refractivity contribution in [1.29, 1.82) is 0 Å². The lowest BCUT2D eigenvalue weighted by molar-refractivity contribution is 0.200. The Balaban J connectivity index is 2.18. The molecule has 1 fully saturated rings. The lowest BCUT2D eigenvalue weighted by Crippen LogP contribution is -2.42. The molecule has 25 heavy (non-hydrogen) atoms. The predicted octanol–water partition coefficient (Wildman–Crippen LogP) is 2.43. The Morgan fingerprint density at radius 2 is 1.72 bits per heavy atom. The summed E-state index contributed by atoms with van der Waals surface area (Å²) < 4.78 is 27.8. The van der Waals surface area contributed by atoms with E-state index in [1.165, 1.54) is 4.31 Å². The Labute approximate surface area is 151 Å². The summed E-state index contributed by atoms with van der Waals surface area (Å²) in [6.07, 6.45) is 1.52. The molecule has 0 aliphatic carbocycles. The summed E-state index contributed by atoms with van der Waals surface area (Å²) in [5.41, 5.74) is 2.61. The number of nitrogens with one attached hydrogen (secondary N) is 1. The molecule has 2 amide bonds. The van der Waals surface area contributed by atoms with Crippen LogP contribution >= 0.6 is 0 Å². The second-order valence-electron chi connectivity index (χ2n) is 6.70. The fraction of sp³-hybridized carbons (Fsp3) is 0.611. The molecule has 1 heterocycles. The van der Waals surface area contributed by atoms with Crippen LogP contribution in [0.3, 0.4) is 0 Å². The van der Waals surface area contributed by atoms with E-state index in [2.05, 4.69) is 5.32 Å². The zero-order valence-corrected chi connectivity index (χ0v) is 16.4. The highest BCUT2D eigenvalue weighted by atomic mass is 32.2. The molecule has 1 aromatic carbocycles. The SMILES string of the molecule is CCCNC(=O)N1CCCN(S(=O)(=O)c2c(C)cc(C)cc2C)CC1. The first kappa shape index (κ1) is 19.7. The summed E-state index contributed by atoms with van der Waals surface area (Å²) in [6.45, 7) is 10.1. The van der Waals surface area contributed by atoms with Crippen LogP contribution in [0.15, 0.2) is 17.0 Å². The maximum Gasteiger partial charge on any atom is 0.317 e. The van der Waals surface area contributed by atoms with Crippen molar-refractivity contribution in [2.75, 3.05) is 32.7 Å². The number of aryl methyl sites for hydroxylation is 3. The fourth-order valence-corrected chi connectivity index (χ4v) is 5.27. The molecule has 0 saturated carbocycles. The average molecular weight is 368 g/mol.